The van der Waals surface area contributed by atoms with Gasteiger partial charge in [-0.3, -0.25) is 4.98 Å². The van der Waals surface area contributed by atoms with Gasteiger partial charge in [0.2, 0.25) is 9.84 Å². The van der Waals surface area contributed by atoms with Crippen molar-refractivity contribution in [1.29, 1.82) is 0 Å². The van der Waals surface area contributed by atoms with Gasteiger partial charge in [0.15, 0.2) is 7.14 Å². The standard InChI is InChI=1S/C30H27N3.C28H21N2OP.C22H18N2O2S.2C10H10N2.C9H6NO.3Ir/c1-30(2,3)33-26-10-6-5-9-24(26)25-18-15-22(19-29(25)33)21-13-16-23(17-14-21)32-20-31(4)27-11-7-8-12-28(27)32;1-29-17-18-30(20-29)23-14-11-21(12-15-23)22-13-16-26-25-9-5-6-10-27(25)32(31,28(26)19-22)24-7-3-2-4-8-24;1-3-24(2)15-23-18-11-8-16(9-12-18)17-10-13-20-19-6-4-5-7-21(19)27(25,26)22(20)14-17;1-12-8-7-11-10(12)9-5-3-2-4-6-9;1-12(9-5-8-11)10-6-3-2-4-7-10;1-2-4-8(5-3-1)9-10-6-7-11-9;;;/h5-16,18-20H,1-4H3;2-14,16-20H,1H3;3-11,13-15,23H,1H2,2H3;2-5,7-8,10H,1H3;2-6,8-9H,1H3;1-4,6-7H;;;/q5*-2;-1;;;+3/b;;;;9-5-;;;;. The summed E-state index contributed by atoms with van der Waals surface area (Å²) in [6, 6.07) is 122. The van der Waals surface area contributed by atoms with Gasteiger partial charge >= 0.3 is 20.1 Å². The summed E-state index contributed by atoms with van der Waals surface area (Å²) in [5.74, 6) is 0.616. The molecule has 0 bridgehead atoms. The third-order valence-corrected chi connectivity index (χ3v) is 27.1. The van der Waals surface area contributed by atoms with Crippen molar-refractivity contribution >= 4 is 95.0 Å². The third kappa shape index (κ3) is 20.7. The zero-order chi connectivity index (χ0) is 88.2. The first-order valence-corrected chi connectivity index (χ1v) is 44.6. The van der Waals surface area contributed by atoms with Crippen LogP contribution in [0, 0.1) is 56.4 Å². The summed E-state index contributed by atoms with van der Waals surface area (Å²) in [5.41, 5.74) is 20.7. The van der Waals surface area contributed by atoms with Crippen LogP contribution in [0.2, 0.25) is 0 Å². The monoisotopic (exact) mass is 2270 g/mol. The summed E-state index contributed by atoms with van der Waals surface area (Å²) in [4.78, 5) is 18.8. The maximum absolute atomic E-state index is 14.7. The molecule has 0 aliphatic carbocycles. The van der Waals surface area contributed by atoms with Gasteiger partial charge in [-0.05, 0) is 127 Å². The Labute approximate surface area is 804 Å². The Morgan fingerprint density at radius 1 is 0.577 bits per heavy atom. The molecule has 14 aromatic carbocycles. The molecule has 658 valence electrons. The maximum atomic E-state index is 14.7. The third-order valence-electron chi connectivity index (χ3n) is 22.1. The number of sulfone groups is 1. The minimum absolute atomic E-state index is 0. The van der Waals surface area contributed by atoms with Gasteiger partial charge in [0.05, 0.1) is 22.3 Å². The van der Waals surface area contributed by atoms with Crippen LogP contribution in [-0.2, 0) is 80.3 Å². The average Bonchev–Trinajstić information content (AvgIpc) is 1.53. The summed E-state index contributed by atoms with van der Waals surface area (Å²) in [6.07, 6.45) is 17.1. The van der Waals surface area contributed by atoms with Crippen molar-refractivity contribution in [1.82, 2.24) is 24.3 Å². The van der Waals surface area contributed by atoms with Gasteiger partial charge in [-0.15, -0.1) is 88.3 Å². The van der Waals surface area contributed by atoms with Gasteiger partial charge in [0, 0.05) is 120 Å². The largest absolute Gasteiger partial charge is 3.00 e. The summed E-state index contributed by atoms with van der Waals surface area (Å²) in [6.45, 7) is 16.4. The smallest absolute Gasteiger partial charge is 0.811 e. The summed E-state index contributed by atoms with van der Waals surface area (Å²) < 4.78 is 47.9. The second kappa shape index (κ2) is 42.5. The molecular formula is C109H92Ir3N12O4PS-8. The zero-order valence-electron chi connectivity index (χ0n) is 72.6. The van der Waals surface area contributed by atoms with Crippen LogP contribution in [0.5, 0.6) is 0 Å². The fraction of sp³-hybridized carbons (Fsp3) is 0.0917. The summed E-state index contributed by atoms with van der Waals surface area (Å²) in [5, 5.41) is 21.2. The van der Waals surface area contributed by atoms with E-state index in [2.05, 4.69) is 234 Å². The van der Waals surface area contributed by atoms with E-state index in [0.29, 0.717) is 15.7 Å². The second-order valence-electron chi connectivity index (χ2n) is 31.5. The van der Waals surface area contributed by atoms with Crippen molar-refractivity contribution < 1.29 is 77.7 Å². The number of rotatable bonds is 15. The Bertz CT molecular complexity index is 6820. The van der Waals surface area contributed by atoms with Crippen LogP contribution in [0.4, 0.5) is 34.1 Å². The topological polar surface area (TPSA) is 153 Å². The van der Waals surface area contributed by atoms with Crippen LogP contribution in [0.25, 0.3) is 99.6 Å². The number of oxazole rings is 1. The van der Waals surface area contributed by atoms with Gasteiger partial charge in [-0.2, -0.15) is 147 Å². The number of hydrogen-bond acceptors (Lipinski definition) is 13. The molecule has 16 aromatic rings. The quantitative estimate of drug-likeness (QED) is 0.0589. The molecule has 0 fully saturated rings. The molecule has 16 nitrogen and oxygen atoms in total. The molecule has 21 heteroatoms. The number of benzene rings is 14. The van der Waals surface area contributed by atoms with Crippen molar-refractivity contribution in [3.63, 3.8) is 0 Å². The van der Waals surface area contributed by atoms with Crippen molar-refractivity contribution in [3.8, 4) is 67.1 Å². The predicted molar refractivity (Wildman–Crippen MR) is 522 cm³/mol. The van der Waals surface area contributed by atoms with Gasteiger partial charge in [0.1, 0.15) is 5.89 Å². The first-order chi connectivity index (χ1) is 61.7. The van der Waals surface area contributed by atoms with E-state index in [4.69, 9.17) is 9.83 Å². The van der Waals surface area contributed by atoms with E-state index >= 15 is 0 Å². The summed E-state index contributed by atoms with van der Waals surface area (Å²) in [7, 11) is 3.47. The number of hydrogen-bond donors (Lipinski definition) is 1. The number of nitrogens with one attached hydrogen (secondary N) is 1. The molecule has 1 N–H and O–H groups in total. The minimum Gasteiger partial charge on any atom is -0.811 e. The fourth-order valence-corrected chi connectivity index (χ4v) is 20.6. The molecule has 7 heterocycles. The Kier molecular flexibility index (Phi) is 31.0. The van der Waals surface area contributed by atoms with E-state index in [1.165, 1.54) is 44.3 Å². The molecule has 5 aliphatic heterocycles. The average molecular weight is 2270 g/mol. The number of fused-ring (bicyclic) bond motifs is 10. The fourth-order valence-electron chi connectivity index (χ4n) is 15.8. The molecule has 2 aromatic heterocycles. The Morgan fingerprint density at radius 2 is 1.18 bits per heavy atom. The van der Waals surface area contributed by atoms with Gasteiger partial charge in [0.25, 0.3) is 0 Å². The molecule has 21 rings (SSSR count). The van der Waals surface area contributed by atoms with Gasteiger partial charge in [-0.25, -0.2) is 8.42 Å². The SMILES string of the molecule is C=CN(C)[CH-]Nc1[c-]cc(-c2ccc3c(c2)S(=O)(=O)c2ccccc2-3)cc1.CN(/C=C\C=[N-])c1[c-]cccc1.CN1C=CN(c2[c-]cc(-c3ccc4c(c3)P(=O)(c3ccccc3)c3ccccc3-4)cc2)[CH-]1.CN1C=C[N-]C1c1[c-]cccc1.CN1[CH-]N(c2[c-]cc(-c3ccc4c5ccccc5n(C(C)(C)C)c4c3)cc2)c2ccccc21.[Ir+3].[Ir].[Ir].[c-]1ccccc1-c1ncco1. The Morgan fingerprint density at radius 3 is 1.82 bits per heavy atom. The van der Waals surface area contributed by atoms with Gasteiger partial charge in [-0.1, -0.05) is 186 Å². The van der Waals surface area contributed by atoms with E-state index in [-0.39, 0.29) is 72.0 Å². The van der Waals surface area contributed by atoms with Crippen molar-refractivity contribution in [2.45, 2.75) is 42.3 Å². The van der Waals surface area contributed by atoms with E-state index in [1.807, 2.05) is 244 Å². The molecule has 0 saturated heterocycles. The normalized spacial score (nSPS) is 14.6. The van der Waals surface area contributed by atoms with E-state index in [1.54, 1.807) is 60.7 Å². The number of para-hydroxylation sites is 4. The molecule has 0 saturated carbocycles. The number of allylic oxidation sites excluding steroid dienone is 1. The van der Waals surface area contributed by atoms with Crippen molar-refractivity contribution in [2.24, 2.45) is 0 Å². The Balaban J connectivity index is 0.000000139. The molecule has 2 atom stereocenters. The molecule has 130 heavy (non-hydrogen) atoms. The zero-order valence-corrected chi connectivity index (χ0v) is 81.5. The van der Waals surface area contributed by atoms with Gasteiger partial charge < -0.3 is 63.9 Å². The van der Waals surface area contributed by atoms with E-state index in [0.717, 1.165) is 101 Å². The van der Waals surface area contributed by atoms with Crippen molar-refractivity contribution in [2.75, 3.05) is 60.2 Å². The van der Waals surface area contributed by atoms with Crippen LogP contribution in [0.1, 0.15) is 32.5 Å². The van der Waals surface area contributed by atoms with Crippen LogP contribution < -0.4 is 40.8 Å². The molecule has 0 amide bonds. The molecular weight excluding hydrogens is 2180 g/mol. The molecule has 2 unspecified atom stereocenters. The van der Waals surface area contributed by atoms with Crippen LogP contribution in [0.3, 0.4) is 0 Å². The number of anilines is 6. The van der Waals surface area contributed by atoms with Crippen molar-refractivity contribution in [3.05, 3.63) is 444 Å². The first-order valence-electron chi connectivity index (χ1n) is 41.4. The maximum Gasteiger partial charge on any atom is 3.00 e. The van der Waals surface area contributed by atoms with Crippen LogP contribution in [-0.4, -0.2) is 74.1 Å². The first kappa shape index (κ1) is 94.7. The van der Waals surface area contributed by atoms with E-state index < -0.39 is 17.0 Å². The van der Waals surface area contributed by atoms with Crippen LogP contribution >= 0.6 is 7.14 Å². The predicted octanol–water partition coefficient (Wildman–Crippen LogP) is 23.9. The second-order valence-corrected chi connectivity index (χ2v) is 36.1. The minimum atomic E-state index is -3.47. The molecule has 0 spiro atoms. The molecule has 2 radical (unpaired) electrons. The Hall–Kier alpha value is -13.0. The van der Waals surface area contributed by atoms with Crippen LogP contribution in [0.15, 0.2) is 386 Å². The number of aromatic nitrogens is 2. The van der Waals surface area contributed by atoms with E-state index in [9.17, 15) is 13.0 Å². The summed E-state index contributed by atoms with van der Waals surface area (Å²) >= 11 is 0. The number of nitrogens with zero attached hydrogens (tertiary/aromatic N) is 11. The molecule has 5 aliphatic rings.